The van der Waals surface area contributed by atoms with Gasteiger partial charge in [0.25, 0.3) is 0 Å². The van der Waals surface area contributed by atoms with Gasteiger partial charge in [0.15, 0.2) is 12.2 Å². The van der Waals surface area contributed by atoms with Crippen molar-refractivity contribution in [2.45, 2.75) is 369 Å². The van der Waals surface area contributed by atoms with E-state index in [-0.39, 0.29) is 25.7 Å². The summed E-state index contributed by atoms with van der Waals surface area (Å²) in [6, 6.07) is 0. The van der Waals surface area contributed by atoms with Crippen LogP contribution in [0.5, 0.6) is 0 Å². The molecule has 0 aliphatic heterocycles. The van der Waals surface area contributed by atoms with Crippen LogP contribution < -0.4 is 0 Å². The fourth-order valence-corrected chi connectivity index (χ4v) is 12.2. The summed E-state index contributed by atoms with van der Waals surface area (Å²) in [7, 11) is -9.90. The van der Waals surface area contributed by atoms with E-state index >= 15 is 0 Å². The van der Waals surface area contributed by atoms with Crippen molar-refractivity contribution in [3.63, 3.8) is 0 Å². The Morgan fingerprint density at radius 2 is 0.533 bits per heavy atom. The number of aliphatic hydroxyl groups is 1. The Labute approximate surface area is 549 Å². The van der Waals surface area contributed by atoms with E-state index in [2.05, 4.69) is 55.4 Å². The molecule has 0 bridgehead atoms. The summed E-state index contributed by atoms with van der Waals surface area (Å²) in [5.74, 6) is 0.846. The van der Waals surface area contributed by atoms with Gasteiger partial charge in [-0.15, -0.1) is 0 Å². The molecule has 0 rings (SSSR count). The highest BCUT2D eigenvalue weighted by molar-refractivity contribution is 7.47. The van der Waals surface area contributed by atoms with Gasteiger partial charge in [0.05, 0.1) is 26.4 Å². The standard InChI is InChI=1S/C71H138O17P2/c1-9-64(8)50-42-34-25-20-22-28-38-46-54-71(76)88-67(58-82-69(74)52-44-36-30-29-33-41-49-63(6)7)60-86-90(79,80)84-56-65(72)55-83-89(77,78)85-59-66(57-81-68(73)51-43-35-26-21-19-24-32-40-48-62(4)5)87-70(75)53-45-37-27-18-16-14-12-10-11-13-15-17-23-31-39-47-61(2)3/h61-67,72H,9-60H2,1-8H3,(H,77,78)(H,79,80)/t64?,65-,66-,67-/m1/s1. The van der Waals surface area contributed by atoms with E-state index in [1.807, 2.05) is 0 Å². The largest absolute Gasteiger partial charge is 0.472 e. The van der Waals surface area contributed by atoms with E-state index in [9.17, 15) is 43.2 Å². The summed E-state index contributed by atoms with van der Waals surface area (Å²) in [5, 5.41) is 10.6. The molecule has 534 valence electrons. The van der Waals surface area contributed by atoms with Crippen molar-refractivity contribution in [2.24, 2.45) is 23.7 Å². The van der Waals surface area contributed by atoms with Gasteiger partial charge >= 0.3 is 39.5 Å². The number of unbranched alkanes of at least 4 members (excludes halogenated alkanes) is 33. The number of phosphoric acid groups is 2. The average Bonchev–Trinajstić information content (AvgIpc) is 3.65. The van der Waals surface area contributed by atoms with E-state index in [1.54, 1.807) is 0 Å². The lowest BCUT2D eigenvalue weighted by atomic mass is 9.99. The third kappa shape index (κ3) is 63.5. The predicted octanol–water partition coefficient (Wildman–Crippen LogP) is 20.1. The van der Waals surface area contributed by atoms with Gasteiger partial charge in [0, 0.05) is 25.7 Å². The molecule has 0 fully saturated rings. The number of hydrogen-bond donors (Lipinski definition) is 3. The van der Waals surface area contributed by atoms with Crippen LogP contribution >= 0.6 is 15.6 Å². The first-order chi connectivity index (χ1) is 43.1. The molecule has 0 aliphatic rings. The molecule has 0 heterocycles. The molecule has 0 aliphatic carbocycles. The molecule has 3 N–H and O–H groups in total. The fourth-order valence-electron chi connectivity index (χ4n) is 10.6. The second kappa shape index (κ2) is 60.7. The third-order valence-electron chi connectivity index (χ3n) is 16.7. The Balaban J connectivity index is 5.22. The molecule has 90 heavy (non-hydrogen) atoms. The number of esters is 4. The van der Waals surface area contributed by atoms with E-state index in [1.165, 1.54) is 148 Å². The first-order valence-corrected chi connectivity index (χ1v) is 39.7. The molecule has 0 spiro atoms. The number of carbonyl (C=O) groups excluding carboxylic acids is 4. The maximum atomic E-state index is 13.0. The van der Waals surface area contributed by atoms with E-state index in [0.29, 0.717) is 31.6 Å². The van der Waals surface area contributed by atoms with Crippen LogP contribution in [0, 0.1) is 23.7 Å². The highest BCUT2D eigenvalue weighted by atomic mass is 31.2. The Morgan fingerprint density at radius 1 is 0.311 bits per heavy atom. The average molecular weight is 1330 g/mol. The van der Waals surface area contributed by atoms with Crippen LogP contribution in [0.3, 0.4) is 0 Å². The first kappa shape index (κ1) is 88.1. The summed E-state index contributed by atoms with van der Waals surface area (Å²) >= 11 is 0. The lowest BCUT2D eigenvalue weighted by Crippen LogP contribution is -2.30. The minimum atomic E-state index is -4.95. The van der Waals surface area contributed by atoms with Gasteiger partial charge < -0.3 is 33.8 Å². The normalized spacial score (nSPS) is 14.6. The third-order valence-corrected chi connectivity index (χ3v) is 18.6. The van der Waals surface area contributed by atoms with Gasteiger partial charge in [-0.1, -0.05) is 299 Å². The summed E-state index contributed by atoms with van der Waals surface area (Å²) in [6.07, 6.45) is 43.2. The molecule has 0 aromatic heterocycles. The zero-order chi connectivity index (χ0) is 66.8. The number of hydrogen-bond acceptors (Lipinski definition) is 15. The molecule has 0 aromatic carbocycles. The monoisotopic (exact) mass is 1320 g/mol. The first-order valence-electron chi connectivity index (χ1n) is 36.7. The maximum absolute atomic E-state index is 13.0. The van der Waals surface area contributed by atoms with Crippen LogP contribution in [0.4, 0.5) is 0 Å². The number of carbonyl (C=O) groups is 4. The Hall–Kier alpha value is -1.94. The summed E-state index contributed by atoms with van der Waals surface area (Å²) in [6.45, 7) is 14.1. The van der Waals surface area contributed by atoms with Crippen LogP contribution in [0.1, 0.15) is 351 Å². The molecule has 0 saturated heterocycles. The summed E-state index contributed by atoms with van der Waals surface area (Å²) < 4.78 is 68.3. The van der Waals surface area contributed by atoms with Crippen LogP contribution in [0.2, 0.25) is 0 Å². The van der Waals surface area contributed by atoms with Gasteiger partial charge in [0.1, 0.15) is 19.3 Å². The van der Waals surface area contributed by atoms with E-state index in [0.717, 1.165) is 114 Å². The van der Waals surface area contributed by atoms with Crippen molar-refractivity contribution in [3.8, 4) is 0 Å². The second-order valence-corrected chi connectivity index (χ2v) is 30.2. The van der Waals surface area contributed by atoms with Gasteiger partial charge in [0.2, 0.25) is 0 Å². The van der Waals surface area contributed by atoms with E-state index < -0.39 is 97.5 Å². The Bertz CT molecular complexity index is 1780. The number of phosphoric ester groups is 2. The molecular formula is C71H138O17P2. The van der Waals surface area contributed by atoms with Crippen molar-refractivity contribution in [3.05, 3.63) is 0 Å². The molecule has 19 heteroatoms. The predicted molar refractivity (Wildman–Crippen MR) is 363 cm³/mol. The van der Waals surface area contributed by atoms with Gasteiger partial charge in [-0.05, 0) is 49.4 Å². The Kier molecular flexibility index (Phi) is 59.4. The fraction of sp³-hybridized carbons (Fsp3) is 0.944. The Morgan fingerprint density at radius 3 is 0.789 bits per heavy atom. The SMILES string of the molecule is CCC(C)CCCCCCCCCCC(=O)O[C@H](COC(=O)CCCCCCCCC(C)C)COP(=O)(O)OC[C@H](O)COP(=O)(O)OC[C@@H](COC(=O)CCCCCCCCCCC(C)C)OC(=O)CCCCCCCCCCCCCCCCCC(C)C. The summed E-state index contributed by atoms with van der Waals surface area (Å²) in [5.41, 5.74) is 0. The van der Waals surface area contributed by atoms with Gasteiger partial charge in [-0.3, -0.25) is 37.3 Å². The summed E-state index contributed by atoms with van der Waals surface area (Å²) in [4.78, 5) is 72.5. The van der Waals surface area contributed by atoms with Crippen LogP contribution in [-0.2, 0) is 65.4 Å². The van der Waals surface area contributed by atoms with Crippen molar-refractivity contribution in [1.29, 1.82) is 0 Å². The zero-order valence-corrected chi connectivity index (χ0v) is 60.6. The molecule has 0 saturated carbocycles. The minimum Gasteiger partial charge on any atom is -0.462 e. The van der Waals surface area contributed by atoms with Crippen molar-refractivity contribution in [1.82, 2.24) is 0 Å². The molecule has 3 unspecified atom stereocenters. The minimum absolute atomic E-state index is 0.103. The quantitative estimate of drug-likeness (QED) is 0.0222. The molecular weight excluding hydrogens is 1190 g/mol. The molecule has 0 amide bonds. The molecule has 0 radical (unpaired) electrons. The lowest BCUT2D eigenvalue weighted by molar-refractivity contribution is -0.161. The highest BCUT2D eigenvalue weighted by Crippen LogP contribution is 2.45. The van der Waals surface area contributed by atoms with Crippen molar-refractivity contribution < 1.29 is 80.2 Å². The number of ether oxygens (including phenoxy) is 4. The van der Waals surface area contributed by atoms with E-state index in [4.69, 9.17) is 37.0 Å². The van der Waals surface area contributed by atoms with Gasteiger partial charge in [-0.25, -0.2) is 9.13 Å². The molecule has 17 nitrogen and oxygen atoms in total. The highest BCUT2D eigenvalue weighted by Gasteiger charge is 2.30. The van der Waals surface area contributed by atoms with Crippen LogP contribution in [-0.4, -0.2) is 96.7 Å². The smallest absolute Gasteiger partial charge is 0.462 e. The molecule has 6 atom stereocenters. The van der Waals surface area contributed by atoms with Gasteiger partial charge in [-0.2, -0.15) is 0 Å². The lowest BCUT2D eigenvalue weighted by Gasteiger charge is -2.21. The van der Waals surface area contributed by atoms with Crippen molar-refractivity contribution >= 4 is 39.5 Å². The molecule has 0 aromatic rings. The topological polar surface area (TPSA) is 237 Å². The second-order valence-electron chi connectivity index (χ2n) is 27.3. The van der Waals surface area contributed by atoms with Crippen LogP contribution in [0.25, 0.3) is 0 Å². The maximum Gasteiger partial charge on any atom is 0.472 e. The van der Waals surface area contributed by atoms with Crippen molar-refractivity contribution in [2.75, 3.05) is 39.6 Å². The number of rotatable bonds is 68. The zero-order valence-electron chi connectivity index (χ0n) is 58.8. The van der Waals surface area contributed by atoms with Crippen LogP contribution in [0.15, 0.2) is 0 Å². The number of aliphatic hydroxyl groups excluding tert-OH is 1.